The van der Waals surface area contributed by atoms with E-state index in [1.165, 1.54) is 0 Å². The smallest absolute Gasteiger partial charge is 0.307 e. The summed E-state index contributed by atoms with van der Waals surface area (Å²) in [5.41, 5.74) is 2.75. The Morgan fingerprint density at radius 2 is 1.64 bits per heavy atom. The van der Waals surface area contributed by atoms with Gasteiger partial charge in [-0.25, -0.2) is 0 Å². The molecule has 1 N–H and O–H groups in total. The molecule has 3 aromatic carbocycles. The number of aliphatic carboxylic acids is 1. The number of carboxylic acids is 1. The van der Waals surface area contributed by atoms with Gasteiger partial charge in [-0.1, -0.05) is 35.9 Å². The molecule has 4 rings (SSSR count). The van der Waals surface area contributed by atoms with Crippen molar-refractivity contribution in [2.24, 2.45) is 0 Å². The molecular formula is C29H28ClNO5. The monoisotopic (exact) mass is 505 g/mol. The second-order valence-electron chi connectivity index (χ2n) is 8.29. The summed E-state index contributed by atoms with van der Waals surface area (Å²) in [5, 5.41) is 10.8. The van der Waals surface area contributed by atoms with Crippen LogP contribution in [0.5, 0.6) is 17.2 Å². The molecule has 7 heteroatoms. The number of benzene rings is 3. The first kappa shape index (κ1) is 25.2. The summed E-state index contributed by atoms with van der Waals surface area (Å²) in [6, 6.07) is 20.8. The van der Waals surface area contributed by atoms with Crippen LogP contribution in [0.1, 0.15) is 17.5 Å². The summed E-state index contributed by atoms with van der Waals surface area (Å²) in [5.74, 6) is 1.29. The number of fused-ring (bicyclic) bond motifs is 1. The Balaban J connectivity index is 1.27. The summed E-state index contributed by atoms with van der Waals surface area (Å²) in [7, 11) is 0. The summed E-state index contributed by atoms with van der Waals surface area (Å²) in [6.07, 6.45) is 4.30. The van der Waals surface area contributed by atoms with E-state index in [1.54, 1.807) is 6.08 Å². The average molecular weight is 506 g/mol. The van der Waals surface area contributed by atoms with Crippen molar-refractivity contribution >= 4 is 28.5 Å². The van der Waals surface area contributed by atoms with E-state index in [2.05, 4.69) is 6.58 Å². The van der Waals surface area contributed by atoms with Gasteiger partial charge in [0.25, 0.3) is 0 Å². The normalized spacial score (nSPS) is 10.8. The second-order valence-corrected chi connectivity index (χ2v) is 8.72. The number of ether oxygens (including phenoxy) is 3. The van der Waals surface area contributed by atoms with Crippen molar-refractivity contribution in [3.63, 3.8) is 0 Å². The Morgan fingerprint density at radius 1 is 0.944 bits per heavy atom. The van der Waals surface area contributed by atoms with Crippen molar-refractivity contribution in [2.45, 2.75) is 26.0 Å². The fourth-order valence-electron chi connectivity index (χ4n) is 3.87. The minimum Gasteiger partial charge on any atom is -0.493 e. The van der Waals surface area contributed by atoms with Crippen LogP contribution in [0.4, 0.5) is 0 Å². The van der Waals surface area contributed by atoms with Crippen LogP contribution in [0.2, 0.25) is 5.02 Å². The van der Waals surface area contributed by atoms with E-state index < -0.39 is 5.97 Å². The zero-order chi connectivity index (χ0) is 25.3. The van der Waals surface area contributed by atoms with Crippen LogP contribution in [-0.4, -0.2) is 28.9 Å². The van der Waals surface area contributed by atoms with E-state index in [9.17, 15) is 9.90 Å². The van der Waals surface area contributed by atoms with Crippen LogP contribution in [0, 0.1) is 0 Å². The zero-order valence-corrected chi connectivity index (χ0v) is 20.6. The van der Waals surface area contributed by atoms with Crippen molar-refractivity contribution in [1.29, 1.82) is 0 Å². The Hall–Kier alpha value is -3.90. The SMILES string of the molecule is C=CCn1cc(CC(=O)O)c2cc(OCCCOc3cccc(OCc4ccc(Cl)cc4)c3)ccc21. The molecule has 1 aromatic heterocycles. The van der Waals surface area contributed by atoms with Gasteiger partial charge in [0, 0.05) is 41.2 Å². The fraction of sp³-hybridized carbons (Fsp3) is 0.207. The maximum Gasteiger partial charge on any atom is 0.307 e. The van der Waals surface area contributed by atoms with Crippen LogP contribution in [0.3, 0.4) is 0 Å². The molecule has 1 heterocycles. The third-order valence-corrected chi connectivity index (χ3v) is 5.80. The van der Waals surface area contributed by atoms with Crippen molar-refractivity contribution < 1.29 is 24.1 Å². The molecule has 0 aliphatic heterocycles. The number of nitrogens with zero attached hydrogens (tertiary/aromatic N) is 1. The quantitative estimate of drug-likeness (QED) is 0.165. The Bertz CT molecular complexity index is 1330. The van der Waals surface area contributed by atoms with Crippen LogP contribution < -0.4 is 14.2 Å². The largest absolute Gasteiger partial charge is 0.493 e. The molecule has 0 amide bonds. The maximum atomic E-state index is 11.3. The predicted molar refractivity (Wildman–Crippen MR) is 141 cm³/mol. The zero-order valence-electron chi connectivity index (χ0n) is 19.9. The van der Waals surface area contributed by atoms with Crippen molar-refractivity contribution in [3.8, 4) is 17.2 Å². The number of carboxylic acid groups (broad SMARTS) is 1. The molecule has 0 unspecified atom stereocenters. The van der Waals surface area contributed by atoms with Gasteiger partial charge < -0.3 is 23.9 Å². The van der Waals surface area contributed by atoms with Gasteiger partial charge in [0.1, 0.15) is 23.9 Å². The van der Waals surface area contributed by atoms with Gasteiger partial charge in [-0.05, 0) is 53.6 Å². The molecule has 0 aliphatic rings. The minimum atomic E-state index is -0.865. The van der Waals surface area contributed by atoms with Crippen molar-refractivity contribution in [2.75, 3.05) is 13.2 Å². The van der Waals surface area contributed by atoms with Crippen LogP contribution in [0.15, 0.2) is 85.6 Å². The molecule has 0 atom stereocenters. The van der Waals surface area contributed by atoms with Crippen LogP contribution in [-0.2, 0) is 24.4 Å². The standard InChI is InChI=1S/C29H28ClNO5/c1-2-13-31-19-22(16-29(32)33)27-18-26(11-12-28(27)31)35-15-4-14-34-24-5-3-6-25(17-24)36-20-21-7-9-23(30)10-8-21/h2-3,5-12,17-19H,1,4,13-16,20H2,(H,32,33). The lowest BCUT2D eigenvalue weighted by Crippen LogP contribution is -2.05. The molecule has 186 valence electrons. The highest BCUT2D eigenvalue weighted by molar-refractivity contribution is 6.30. The first-order chi connectivity index (χ1) is 17.5. The number of hydrogen-bond acceptors (Lipinski definition) is 4. The van der Waals surface area contributed by atoms with E-state index in [4.69, 9.17) is 25.8 Å². The van der Waals surface area contributed by atoms with Gasteiger partial charge in [0.05, 0.1) is 19.6 Å². The maximum absolute atomic E-state index is 11.3. The first-order valence-electron chi connectivity index (χ1n) is 11.7. The van der Waals surface area contributed by atoms with E-state index >= 15 is 0 Å². The molecule has 0 saturated heterocycles. The highest BCUT2D eigenvalue weighted by Crippen LogP contribution is 2.27. The van der Waals surface area contributed by atoms with E-state index in [1.807, 2.05) is 77.5 Å². The number of carbonyl (C=O) groups is 1. The summed E-state index contributed by atoms with van der Waals surface area (Å²) >= 11 is 5.92. The third-order valence-electron chi connectivity index (χ3n) is 5.55. The lowest BCUT2D eigenvalue weighted by atomic mass is 10.1. The van der Waals surface area contributed by atoms with Crippen molar-refractivity contribution in [3.05, 3.63) is 102 Å². The van der Waals surface area contributed by atoms with Crippen molar-refractivity contribution in [1.82, 2.24) is 4.57 Å². The highest BCUT2D eigenvalue weighted by Gasteiger charge is 2.12. The number of allylic oxidation sites excluding steroid dienone is 1. The number of halogens is 1. The van der Waals surface area contributed by atoms with E-state index in [0.717, 1.165) is 33.5 Å². The predicted octanol–water partition coefficient (Wildman–Crippen LogP) is 6.53. The summed E-state index contributed by atoms with van der Waals surface area (Å²) < 4.78 is 19.6. The second kappa shape index (κ2) is 12.2. The molecule has 0 fully saturated rings. The van der Waals surface area contributed by atoms with E-state index in [-0.39, 0.29) is 6.42 Å². The Morgan fingerprint density at radius 3 is 2.33 bits per heavy atom. The third kappa shape index (κ3) is 6.83. The lowest BCUT2D eigenvalue weighted by Gasteiger charge is -2.11. The molecule has 4 aromatic rings. The van der Waals surface area contributed by atoms with Crippen LogP contribution in [0.25, 0.3) is 10.9 Å². The van der Waals surface area contributed by atoms with Gasteiger partial charge in [-0.3, -0.25) is 4.79 Å². The molecule has 0 aliphatic carbocycles. The fourth-order valence-corrected chi connectivity index (χ4v) is 4.00. The molecule has 6 nitrogen and oxygen atoms in total. The number of rotatable bonds is 13. The van der Waals surface area contributed by atoms with E-state index in [0.29, 0.717) is 43.6 Å². The highest BCUT2D eigenvalue weighted by atomic mass is 35.5. The topological polar surface area (TPSA) is 69.9 Å². The van der Waals surface area contributed by atoms with Gasteiger partial charge in [0.2, 0.25) is 0 Å². The van der Waals surface area contributed by atoms with Gasteiger partial charge in [-0.15, -0.1) is 6.58 Å². The lowest BCUT2D eigenvalue weighted by molar-refractivity contribution is -0.136. The molecule has 0 bridgehead atoms. The number of aromatic nitrogens is 1. The molecule has 36 heavy (non-hydrogen) atoms. The average Bonchev–Trinajstić information content (AvgIpc) is 3.19. The Kier molecular flexibility index (Phi) is 8.53. The molecular weight excluding hydrogens is 478 g/mol. The minimum absolute atomic E-state index is 0.0413. The molecule has 0 saturated carbocycles. The number of hydrogen-bond donors (Lipinski definition) is 1. The Labute approximate surface area is 215 Å². The summed E-state index contributed by atoms with van der Waals surface area (Å²) in [4.78, 5) is 11.3. The van der Waals surface area contributed by atoms with Gasteiger partial charge in [-0.2, -0.15) is 0 Å². The molecule has 0 radical (unpaired) electrons. The van der Waals surface area contributed by atoms with Gasteiger partial charge >= 0.3 is 5.97 Å². The van der Waals surface area contributed by atoms with Gasteiger partial charge in [0.15, 0.2) is 0 Å². The van der Waals surface area contributed by atoms with Crippen LogP contribution >= 0.6 is 11.6 Å². The first-order valence-corrected chi connectivity index (χ1v) is 12.1. The molecule has 0 spiro atoms. The summed E-state index contributed by atoms with van der Waals surface area (Å²) in [6.45, 7) is 5.80.